The first-order valence-corrected chi connectivity index (χ1v) is 6.63. The number of rotatable bonds is 4. The van der Waals surface area contributed by atoms with E-state index in [0.29, 0.717) is 13.0 Å². The summed E-state index contributed by atoms with van der Waals surface area (Å²) in [6.07, 6.45) is -3.76. The van der Waals surface area contributed by atoms with Crippen LogP contribution in [0.15, 0.2) is 42.5 Å². The summed E-state index contributed by atoms with van der Waals surface area (Å²) in [5, 5.41) is 2.85. The molecule has 0 aliphatic heterocycles. The minimum absolute atomic E-state index is 0.0604. The molecular formula is C16H17F3N2. The van der Waals surface area contributed by atoms with Crippen LogP contribution in [-0.2, 0) is 12.6 Å². The quantitative estimate of drug-likeness (QED) is 0.827. The van der Waals surface area contributed by atoms with Gasteiger partial charge in [-0.15, -0.1) is 0 Å². The molecule has 5 heteroatoms. The Hall–Kier alpha value is -2.17. The number of hydrogen-bond donors (Lipinski definition) is 2. The van der Waals surface area contributed by atoms with E-state index in [1.54, 1.807) is 0 Å². The lowest BCUT2D eigenvalue weighted by atomic mass is 10.1. The Kier molecular flexibility index (Phi) is 4.40. The van der Waals surface area contributed by atoms with E-state index in [1.165, 1.54) is 12.1 Å². The van der Waals surface area contributed by atoms with Crippen LogP contribution in [0.1, 0.15) is 16.7 Å². The Morgan fingerprint density at radius 1 is 1.10 bits per heavy atom. The Morgan fingerprint density at radius 3 is 2.48 bits per heavy atom. The maximum atomic E-state index is 12.9. The molecule has 2 aromatic carbocycles. The molecule has 0 aliphatic rings. The second-order valence-corrected chi connectivity index (χ2v) is 4.91. The van der Waals surface area contributed by atoms with E-state index in [4.69, 9.17) is 5.73 Å². The molecule has 21 heavy (non-hydrogen) atoms. The minimum atomic E-state index is -4.42. The third kappa shape index (κ3) is 3.90. The van der Waals surface area contributed by atoms with Crippen molar-refractivity contribution in [1.29, 1.82) is 0 Å². The standard InChI is InChI=1S/C16H17F3N2/c1-11-4-2-3-5-12(11)8-9-21-15-7-6-13(20)10-14(15)16(17,18)19/h2-7,10,21H,8-9,20H2,1H3. The molecule has 0 amide bonds. The van der Waals surface area contributed by atoms with Gasteiger partial charge in [-0.05, 0) is 42.7 Å². The van der Waals surface area contributed by atoms with E-state index < -0.39 is 11.7 Å². The predicted molar refractivity (Wildman–Crippen MR) is 79.2 cm³/mol. The van der Waals surface area contributed by atoms with Gasteiger partial charge in [0.2, 0.25) is 0 Å². The fourth-order valence-electron chi connectivity index (χ4n) is 2.17. The molecule has 2 aromatic rings. The van der Waals surface area contributed by atoms with Crippen LogP contribution in [0.25, 0.3) is 0 Å². The molecule has 112 valence electrons. The number of hydrogen-bond acceptors (Lipinski definition) is 2. The van der Waals surface area contributed by atoms with E-state index in [-0.39, 0.29) is 11.4 Å². The molecule has 0 spiro atoms. The fraction of sp³-hybridized carbons (Fsp3) is 0.250. The predicted octanol–water partition coefficient (Wildman–Crippen LogP) is 4.25. The average Bonchev–Trinajstić information content (AvgIpc) is 2.41. The van der Waals surface area contributed by atoms with Gasteiger partial charge in [-0.1, -0.05) is 24.3 Å². The summed E-state index contributed by atoms with van der Waals surface area (Å²) in [6.45, 7) is 2.41. The molecule has 0 unspecified atom stereocenters. The van der Waals surface area contributed by atoms with Crippen LogP contribution in [0.3, 0.4) is 0 Å². The van der Waals surface area contributed by atoms with E-state index in [0.717, 1.165) is 17.2 Å². The molecular weight excluding hydrogens is 277 g/mol. The van der Waals surface area contributed by atoms with Gasteiger partial charge >= 0.3 is 6.18 Å². The van der Waals surface area contributed by atoms with E-state index in [9.17, 15) is 13.2 Å². The highest BCUT2D eigenvalue weighted by Gasteiger charge is 2.33. The zero-order valence-corrected chi connectivity index (χ0v) is 11.7. The largest absolute Gasteiger partial charge is 0.418 e. The third-order valence-electron chi connectivity index (χ3n) is 3.32. The van der Waals surface area contributed by atoms with Crippen molar-refractivity contribution in [2.24, 2.45) is 0 Å². The van der Waals surface area contributed by atoms with Crippen molar-refractivity contribution in [1.82, 2.24) is 0 Å². The molecule has 0 aromatic heterocycles. The molecule has 0 saturated heterocycles. The summed E-state index contributed by atoms with van der Waals surface area (Å²) < 4.78 is 38.8. The van der Waals surface area contributed by atoms with Gasteiger partial charge in [-0.2, -0.15) is 13.2 Å². The van der Waals surface area contributed by atoms with E-state index in [2.05, 4.69) is 5.32 Å². The second-order valence-electron chi connectivity index (χ2n) is 4.91. The van der Waals surface area contributed by atoms with Crippen molar-refractivity contribution >= 4 is 11.4 Å². The minimum Gasteiger partial charge on any atom is -0.399 e. The summed E-state index contributed by atoms with van der Waals surface area (Å²) in [5.41, 5.74) is 7.12. The third-order valence-corrected chi connectivity index (χ3v) is 3.32. The first-order valence-electron chi connectivity index (χ1n) is 6.63. The summed E-state index contributed by atoms with van der Waals surface area (Å²) in [4.78, 5) is 0. The van der Waals surface area contributed by atoms with Crippen molar-refractivity contribution < 1.29 is 13.2 Å². The van der Waals surface area contributed by atoms with Crippen molar-refractivity contribution in [2.45, 2.75) is 19.5 Å². The zero-order valence-electron chi connectivity index (χ0n) is 11.7. The summed E-state index contributed by atoms with van der Waals surface area (Å²) in [6, 6.07) is 11.6. The molecule has 0 bridgehead atoms. The Bertz CT molecular complexity index is 621. The van der Waals surface area contributed by atoms with E-state index in [1.807, 2.05) is 31.2 Å². The number of nitrogen functional groups attached to an aromatic ring is 1. The van der Waals surface area contributed by atoms with Gasteiger partial charge in [-0.3, -0.25) is 0 Å². The number of aryl methyl sites for hydroxylation is 1. The molecule has 0 heterocycles. The van der Waals surface area contributed by atoms with Gasteiger partial charge in [0, 0.05) is 17.9 Å². The highest BCUT2D eigenvalue weighted by atomic mass is 19.4. The van der Waals surface area contributed by atoms with Gasteiger partial charge in [0.15, 0.2) is 0 Å². The monoisotopic (exact) mass is 294 g/mol. The van der Waals surface area contributed by atoms with Crippen LogP contribution in [0.5, 0.6) is 0 Å². The molecule has 2 nitrogen and oxygen atoms in total. The lowest BCUT2D eigenvalue weighted by Crippen LogP contribution is -2.13. The number of benzene rings is 2. The van der Waals surface area contributed by atoms with Crippen molar-refractivity contribution in [3.05, 3.63) is 59.2 Å². The van der Waals surface area contributed by atoms with Crippen LogP contribution < -0.4 is 11.1 Å². The van der Waals surface area contributed by atoms with Crippen LogP contribution in [0.2, 0.25) is 0 Å². The molecule has 0 aliphatic carbocycles. The van der Waals surface area contributed by atoms with Crippen LogP contribution in [-0.4, -0.2) is 6.54 Å². The Morgan fingerprint density at radius 2 is 1.81 bits per heavy atom. The maximum absolute atomic E-state index is 12.9. The topological polar surface area (TPSA) is 38.0 Å². The molecule has 0 radical (unpaired) electrons. The molecule has 0 saturated carbocycles. The highest BCUT2D eigenvalue weighted by molar-refractivity contribution is 5.59. The number of anilines is 2. The van der Waals surface area contributed by atoms with Crippen molar-refractivity contribution in [2.75, 3.05) is 17.6 Å². The van der Waals surface area contributed by atoms with Crippen LogP contribution >= 0.6 is 0 Å². The second kappa shape index (κ2) is 6.08. The summed E-state index contributed by atoms with van der Waals surface area (Å²) in [5.74, 6) is 0. The summed E-state index contributed by atoms with van der Waals surface area (Å²) >= 11 is 0. The SMILES string of the molecule is Cc1ccccc1CCNc1ccc(N)cc1C(F)(F)F. The van der Waals surface area contributed by atoms with Gasteiger partial charge in [0.1, 0.15) is 0 Å². The molecule has 3 N–H and O–H groups in total. The normalized spacial score (nSPS) is 11.4. The molecule has 0 fully saturated rings. The van der Waals surface area contributed by atoms with Gasteiger partial charge < -0.3 is 11.1 Å². The number of alkyl halides is 3. The van der Waals surface area contributed by atoms with E-state index >= 15 is 0 Å². The first-order chi connectivity index (χ1) is 9.88. The number of nitrogens with one attached hydrogen (secondary N) is 1. The van der Waals surface area contributed by atoms with Gasteiger partial charge in [0.25, 0.3) is 0 Å². The molecule has 2 rings (SSSR count). The lowest BCUT2D eigenvalue weighted by Gasteiger charge is -2.15. The number of halogens is 3. The van der Waals surface area contributed by atoms with Gasteiger partial charge in [0.05, 0.1) is 5.56 Å². The van der Waals surface area contributed by atoms with Crippen molar-refractivity contribution in [3.8, 4) is 0 Å². The average molecular weight is 294 g/mol. The van der Waals surface area contributed by atoms with Gasteiger partial charge in [-0.25, -0.2) is 0 Å². The first kappa shape index (κ1) is 15.2. The lowest BCUT2D eigenvalue weighted by molar-refractivity contribution is -0.136. The summed E-state index contributed by atoms with van der Waals surface area (Å²) in [7, 11) is 0. The van der Waals surface area contributed by atoms with Crippen molar-refractivity contribution in [3.63, 3.8) is 0 Å². The number of nitrogens with two attached hydrogens (primary N) is 1. The fourth-order valence-corrected chi connectivity index (χ4v) is 2.17. The van der Waals surface area contributed by atoms with Crippen LogP contribution in [0.4, 0.5) is 24.5 Å². The Balaban J connectivity index is 2.09. The zero-order chi connectivity index (χ0) is 15.5. The highest BCUT2D eigenvalue weighted by Crippen LogP contribution is 2.36. The molecule has 0 atom stereocenters. The smallest absolute Gasteiger partial charge is 0.399 e. The maximum Gasteiger partial charge on any atom is 0.418 e. The van der Waals surface area contributed by atoms with Crippen LogP contribution in [0, 0.1) is 6.92 Å². The Labute approximate surface area is 121 Å².